The van der Waals surface area contributed by atoms with Crippen LogP contribution in [0.15, 0.2) is 24.3 Å². The average Bonchev–Trinajstić information content (AvgIpc) is 2.17. The zero-order chi connectivity index (χ0) is 11.4. The molecule has 0 atom stereocenters. The summed E-state index contributed by atoms with van der Waals surface area (Å²) in [6.45, 7) is 8.94. The maximum Gasteiger partial charge on any atom is 0.0366 e. The number of hydrogen-bond acceptors (Lipinski definition) is 1. The number of rotatable bonds is 4. The lowest BCUT2D eigenvalue weighted by Crippen LogP contribution is -2.25. The highest BCUT2D eigenvalue weighted by atomic mass is 15.1. The molecule has 1 heteroatoms. The van der Waals surface area contributed by atoms with Crippen LogP contribution >= 0.6 is 0 Å². The highest BCUT2D eigenvalue weighted by Crippen LogP contribution is 2.17. The van der Waals surface area contributed by atoms with Gasteiger partial charge in [0.05, 0.1) is 0 Å². The summed E-state index contributed by atoms with van der Waals surface area (Å²) < 4.78 is 0. The second-order valence-corrected chi connectivity index (χ2v) is 4.97. The van der Waals surface area contributed by atoms with Crippen molar-refractivity contribution in [2.24, 2.45) is 5.92 Å². The molecule has 0 radical (unpaired) electrons. The molecule has 0 bridgehead atoms. The van der Waals surface area contributed by atoms with Crippen LogP contribution in [0.25, 0.3) is 0 Å². The summed E-state index contributed by atoms with van der Waals surface area (Å²) in [5, 5.41) is 0. The molecule has 0 N–H and O–H groups in total. The summed E-state index contributed by atoms with van der Waals surface area (Å²) in [6.07, 6.45) is 1.17. The van der Waals surface area contributed by atoms with Gasteiger partial charge in [-0.15, -0.1) is 0 Å². The Kier molecular flexibility index (Phi) is 4.19. The maximum atomic E-state index is 2.29. The fourth-order valence-corrected chi connectivity index (χ4v) is 1.64. The van der Waals surface area contributed by atoms with Gasteiger partial charge < -0.3 is 4.90 Å². The van der Waals surface area contributed by atoms with Crippen LogP contribution in [-0.4, -0.2) is 13.1 Å². The van der Waals surface area contributed by atoms with Gasteiger partial charge in [-0.25, -0.2) is 0 Å². The third-order valence-electron chi connectivity index (χ3n) is 2.76. The van der Waals surface area contributed by atoms with Crippen LogP contribution in [0.4, 0.5) is 5.69 Å². The number of benzene rings is 1. The molecule has 15 heavy (non-hydrogen) atoms. The molecule has 1 aromatic carbocycles. The second-order valence-electron chi connectivity index (χ2n) is 4.97. The van der Waals surface area contributed by atoms with Crippen LogP contribution in [0.2, 0.25) is 0 Å². The van der Waals surface area contributed by atoms with Gasteiger partial charge >= 0.3 is 0 Å². The molecule has 0 aromatic heterocycles. The van der Waals surface area contributed by atoms with E-state index in [2.05, 4.69) is 63.9 Å². The third-order valence-corrected chi connectivity index (χ3v) is 2.76. The van der Waals surface area contributed by atoms with Crippen molar-refractivity contribution in [1.29, 1.82) is 0 Å². The van der Waals surface area contributed by atoms with Crippen molar-refractivity contribution in [3.05, 3.63) is 29.8 Å². The molecule has 1 aromatic rings. The van der Waals surface area contributed by atoms with Crippen molar-refractivity contribution in [3.63, 3.8) is 0 Å². The molecule has 0 aliphatic rings. The van der Waals surface area contributed by atoms with Gasteiger partial charge in [-0.2, -0.15) is 0 Å². The Morgan fingerprint density at radius 2 is 1.53 bits per heavy atom. The molecule has 0 saturated heterocycles. The van der Waals surface area contributed by atoms with E-state index in [-0.39, 0.29) is 0 Å². The monoisotopic (exact) mass is 205 g/mol. The summed E-state index contributed by atoms with van der Waals surface area (Å²) in [5.41, 5.74) is 2.74. The SMILES string of the molecule is CC(C)Cc1ccc(N(C)C(C)C)cc1. The first-order valence-electron chi connectivity index (χ1n) is 5.82. The number of hydrogen-bond donors (Lipinski definition) is 0. The zero-order valence-corrected chi connectivity index (χ0v) is 10.6. The first-order valence-corrected chi connectivity index (χ1v) is 5.82. The second kappa shape index (κ2) is 5.20. The first kappa shape index (κ1) is 12.1. The average molecular weight is 205 g/mol. The molecule has 0 fully saturated rings. The number of anilines is 1. The van der Waals surface area contributed by atoms with Crippen LogP contribution in [0.5, 0.6) is 0 Å². The smallest absolute Gasteiger partial charge is 0.0366 e. The van der Waals surface area contributed by atoms with Crippen molar-refractivity contribution in [2.45, 2.75) is 40.2 Å². The van der Waals surface area contributed by atoms with Crippen LogP contribution in [0.3, 0.4) is 0 Å². The van der Waals surface area contributed by atoms with E-state index >= 15 is 0 Å². The number of nitrogens with zero attached hydrogens (tertiary/aromatic N) is 1. The molecule has 0 aliphatic carbocycles. The predicted octanol–water partition coefficient (Wildman–Crippen LogP) is 3.73. The highest BCUT2D eigenvalue weighted by Gasteiger charge is 2.04. The highest BCUT2D eigenvalue weighted by molar-refractivity contribution is 5.47. The van der Waals surface area contributed by atoms with Gasteiger partial charge in [0.25, 0.3) is 0 Å². The quantitative estimate of drug-likeness (QED) is 0.724. The fourth-order valence-electron chi connectivity index (χ4n) is 1.64. The Balaban J connectivity index is 2.72. The summed E-state index contributed by atoms with van der Waals surface area (Å²) >= 11 is 0. The van der Waals surface area contributed by atoms with Crippen molar-refractivity contribution in [1.82, 2.24) is 0 Å². The van der Waals surface area contributed by atoms with Gasteiger partial charge in [0.15, 0.2) is 0 Å². The molecule has 0 spiro atoms. The van der Waals surface area contributed by atoms with Gasteiger partial charge in [0.2, 0.25) is 0 Å². The van der Waals surface area contributed by atoms with E-state index in [1.165, 1.54) is 17.7 Å². The molecule has 0 saturated carbocycles. The van der Waals surface area contributed by atoms with Crippen molar-refractivity contribution in [3.8, 4) is 0 Å². The molecule has 84 valence electrons. The normalized spacial score (nSPS) is 11.1. The van der Waals surface area contributed by atoms with E-state index in [1.54, 1.807) is 0 Å². The lowest BCUT2D eigenvalue weighted by atomic mass is 10.0. The summed E-state index contributed by atoms with van der Waals surface area (Å²) in [4.78, 5) is 2.29. The van der Waals surface area contributed by atoms with Crippen LogP contribution in [-0.2, 0) is 6.42 Å². The minimum atomic E-state index is 0.556. The topological polar surface area (TPSA) is 3.24 Å². The fraction of sp³-hybridized carbons (Fsp3) is 0.571. The lowest BCUT2D eigenvalue weighted by Gasteiger charge is -2.24. The minimum Gasteiger partial charge on any atom is -0.372 e. The van der Waals surface area contributed by atoms with E-state index in [4.69, 9.17) is 0 Å². The summed E-state index contributed by atoms with van der Waals surface area (Å²) in [7, 11) is 2.14. The Hall–Kier alpha value is -0.980. The lowest BCUT2D eigenvalue weighted by molar-refractivity contribution is 0.647. The summed E-state index contributed by atoms with van der Waals surface area (Å²) in [6, 6.07) is 9.48. The Bertz CT molecular complexity index is 285. The minimum absolute atomic E-state index is 0.556. The van der Waals surface area contributed by atoms with E-state index < -0.39 is 0 Å². The van der Waals surface area contributed by atoms with Crippen LogP contribution < -0.4 is 4.90 Å². The zero-order valence-electron chi connectivity index (χ0n) is 10.6. The van der Waals surface area contributed by atoms with Gasteiger partial charge in [0.1, 0.15) is 0 Å². The molecule has 0 amide bonds. The van der Waals surface area contributed by atoms with Crippen LogP contribution in [0, 0.1) is 5.92 Å². The Morgan fingerprint density at radius 3 is 1.93 bits per heavy atom. The third kappa shape index (κ3) is 3.58. The molecule has 0 aliphatic heterocycles. The molecular formula is C14H23N. The van der Waals surface area contributed by atoms with Crippen molar-refractivity contribution >= 4 is 5.69 Å². The van der Waals surface area contributed by atoms with Gasteiger partial charge in [-0.05, 0) is 43.9 Å². The van der Waals surface area contributed by atoms with Crippen molar-refractivity contribution < 1.29 is 0 Å². The van der Waals surface area contributed by atoms with Crippen LogP contribution in [0.1, 0.15) is 33.3 Å². The van der Waals surface area contributed by atoms with Crippen molar-refractivity contribution in [2.75, 3.05) is 11.9 Å². The largest absolute Gasteiger partial charge is 0.372 e. The molecular weight excluding hydrogens is 182 g/mol. The van der Waals surface area contributed by atoms with Gasteiger partial charge in [0, 0.05) is 18.8 Å². The molecule has 0 unspecified atom stereocenters. The summed E-state index contributed by atoms with van der Waals surface area (Å²) in [5.74, 6) is 0.735. The predicted molar refractivity (Wildman–Crippen MR) is 68.5 cm³/mol. The van der Waals surface area contributed by atoms with Gasteiger partial charge in [-0.1, -0.05) is 26.0 Å². The standard InChI is InChI=1S/C14H23N/c1-11(2)10-13-6-8-14(9-7-13)15(5)12(3)4/h6-9,11-12H,10H2,1-5H3. The van der Waals surface area contributed by atoms with E-state index in [9.17, 15) is 0 Å². The molecule has 1 nitrogen and oxygen atoms in total. The Morgan fingerprint density at radius 1 is 1.00 bits per heavy atom. The maximum absolute atomic E-state index is 2.29. The molecule has 1 rings (SSSR count). The first-order chi connectivity index (χ1) is 7.00. The van der Waals surface area contributed by atoms with E-state index in [1.807, 2.05) is 0 Å². The Labute approximate surface area is 94.1 Å². The molecule has 0 heterocycles. The van der Waals surface area contributed by atoms with E-state index in [0.29, 0.717) is 6.04 Å². The van der Waals surface area contributed by atoms with Gasteiger partial charge in [-0.3, -0.25) is 0 Å². The van der Waals surface area contributed by atoms with E-state index in [0.717, 1.165) is 5.92 Å².